The Morgan fingerprint density at radius 3 is 1.64 bits per heavy atom. The van der Waals surface area contributed by atoms with Crippen molar-refractivity contribution in [2.24, 2.45) is 0 Å². The predicted octanol–water partition coefficient (Wildman–Crippen LogP) is -6.54. The molecule has 194 valence electrons. The lowest BCUT2D eigenvalue weighted by molar-refractivity contribution is -0.343. The molecule has 3 rings (SSSR count). The summed E-state index contributed by atoms with van der Waals surface area (Å²) in [7, 11) is 0. The Morgan fingerprint density at radius 1 is 0.576 bits per heavy atom. The van der Waals surface area contributed by atoms with Crippen LogP contribution in [0.15, 0.2) is 0 Å². The van der Waals surface area contributed by atoms with Crippen molar-refractivity contribution in [1.82, 2.24) is 0 Å². The average Bonchev–Trinajstić information content (AvgIpc) is 2.79. The normalized spacial score (nSPS) is 51.5. The van der Waals surface area contributed by atoms with E-state index in [-0.39, 0.29) is 6.42 Å². The first kappa shape index (κ1) is 27.0. The Labute approximate surface area is 187 Å². The van der Waals surface area contributed by atoms with Gasteiger partial charge in [0.05, 0.1) is 25.9 Å². The van der Waals surface area contributed by atoms with E-state index in [0.29, 0.717) is 0 Å². The minimum absolute atomic E-state index is 0.271. The maximum Gasteiger partial charge on any atom is 0.187 e. The van der Waals surface area contributed by atoms with E-state index in [4.69, 9.17) is 23.7 Å². The van der Waals surface area contributed by atoms with Crippen LogP contribution in [0.2, 0.25) is 0 Å². The smallest absolute Gasteiger partial charge is 0.187 e. The van der Waals surface area contributed by atoms with Crippen molar-refractivity contribution in [3.63, 3.8) is 0 Å². The SMILES string of the molecule is OC[C@H]1O[C@H](OC[C@H]2OC(O)C[C@@H](O[C@H]3O[C@H](CO)[C@@H](O)[C@H](O)[C@@H]3O)[C@@H]2O)[C@@H](O)[C@@H](O)[C@@H]1O. The van der Waals surface area contributed by atoms with Crippen molar-refractivity contribution in [3.8, 4) is 0 Å². The molecule has 0 saturated carbocycles. The van der Waals surface area contributed by atoms with Gasteiger partial charge in [0.25, 0.3) is 0 Å². The average molecular weight is 488 g/mol. The van der Waals surface area contributed by atoms with Crippen LogP contribution in [0.4, 0.5) is 0 Å². The van der Waals surface area contributed by atoms with Crippen LogP contribution in [0.3, 0.4) is 0 Å². The summed E-state index contributed by atoms with van der Waals surface area (Å²) in [6.45, 7) is -1.84. The molecule has 3 saturated heterocycles. The summed E-state index contributed by atoms with van der Waals surface area (Å²) in [5.41, 5.74) is 0. The van der Waals surface area contributed by atoms with Crippen LogP contribution in [0, 0.1) is 0 Å². The molecule has 3 heterocycles. The van der Waals surface area contributed by atoms with E-state index in [2.05, 4.69) is 0 Å². The van der Waals surface area contributed by atoms with Gasteiger partial charge in [-0.05, 0) is 0 Å². The van der Waals surface area contributed by atoms with Crippen LogP contribution in [0.25, 0.3) is 0 Å². The monoisotopic (exact) mass is 488 g/mol. The number of hydrogen-bond acceptors (Lipinski definition) is 15. The summed E-state index contributed by atoms with van der Waals surface area (Å²) in [5.74, 6) is 0. The zero-order chi connectivity index (χ0) is 24.4. The van der Waals surface area contributed by atoms with E-state index < -0.39 is 106 Å². The molecule has 0 aromatic rings. The van der Waals surface area contributed by atoms with Gasteiger partial charge in [0, 0.05) is 6.42 Å². The third-order valence-corrected chi connectivity index (χ3v) is 5.96. The molecule has 0 aromatic carbocycles. The van der Waals surface area contributed by atoms with Gasteiger partial charge in [0.1, 0.15) is 61.0 Å². The quantitative estimate of drug-likeness (QED) is 0.160. The van der Waals surface area contributed by atoms with Crippen molar-refractivity contribution in [2.75, 3.05) is 19.8 Å². The molecule has 0 radical (unpaired) electrons. The Bertz CT molecular complexity index is 607. The van der Waals surface area contributed by atoms with Gasteiger partial charge >= 0.3 is 0 Å². The van der Waals surface area contributed by atoms with Crippen LogP contribution >= 0.6 is 0 Å². The minimum atomic E-state index is -1.72. The maximum absolute atomic E-state index is 10.6. The molecule has 3 aliphatic rings. The van der Waals surface area contributed by atoms with Gasteiger partial charge in [-0.3, -0.25) is 0 Å². The molecule has 14 atom stereocenters. The Morgan fingerprint density at radius 2 is 1.09 bits per heavy atom. The summed E-state index contributed by atoms with van der Waals surface area (Å²) in [5, 5.41) is 98.6. The molecule has 15 heteroatoms. The first-order chi connectivity index (χ1) is 15.6. The fourth-order valence-electron chi connectivity index (χ4n) is 3.94. The largest absolute Gasteiger partial charge is 0.394 e. The molecule has 15 nitrogen and oxygen atoms in total. The van der Waals surface area contributed by atoms with E-state index in [1.54, 1.807) is 0 Å². The van der Waals surface area contributed by atoms with Gasteiger partial charge in [-0.1, -0.05) is 0 Å². The van der Waals surface area contributed by atoms with Crippen molar-refractivity contribution in [3.05, 3.63) is 0 Å². The Balaban J connectivity index is 1.61. The predicted molar refractivity (Wildman–Crippen MR) is 99.9 cm³/mol. The number of ether oxygens (including phenoxy) is 5. The molecule has 10 N–H and O–H groups in total. The van der Waals surface area contributed by atoms with Crippen molar-refractivity contribution in [2.45, 2.75) is 92.4 Å². The van der Waals surface area contributed by atoms with E-state index in [0.717, 1.165) is 0 Å². The molecule has 0 bridgehead atoms. The molecule has 33 heavy (non-hydrogen) atoms. The van der Waals surface area contributed by atoms with Crippen LogP contribution in [0.5, 0.6) is 0 Å². The highest BCUT2D eigenvalue weighted by atomic mass is 16.7. The Kier molecular flexibility index (Phi) is 9.35. The van der Waals surface area contributed by atoms with Gasteiger partial charge < -0.3 is 74.7 Å². The maximum atomic E-state index is 10.6. The van der Waals surface area contributed by atoms with Crippen molar-refractivity contribution < 1.29 is 74.7 Å². The van der Waals surface area contributed by atoms with E-state index in [9.17, 15) is 51.1 Å². The minimum Gasteiger partial charge on any atom is -0.394 e. The molecular weight excluding hydrogens is 456 g/mol. The van der Waals surface area contributed by atoms with Crippen LogP contribution in [0.1, 0.15) is 6.42 Å². The summed E-state index contributed by atoms with van der Waals surface area (Å²) in [6, 6.07) is 0. The van der Waals surface area contributed by atoms with Crippen LogP contribution in [-0.4, -0.2) is 157 Å². The third-order valence-electron chi connectivity index (χ3n) is 5.96. The second kappa shape index (κ2) is 11.4. The second-order valence-corrected chi connectivity index (χ2v) is 8.26. The lowest BCUT2D eigenvalue weighted by Crippen LogP contribution is -2.62. The molecule has 0 aliphatic carbocycles. The Hall–Kier alpha value is -0.600. The number of aliphatic hydroxyl groups excluding tert-OH is 10. The van der Waals surface area contributed by atoms with Gasteiger partial charge in [-0.2, -0.15) is 0 Å². The number of hydrogen-bond donors (Lipinski definition) is 10. The fourth-order valence-corrected chi connectivity index (χ4v) is 3.94. The van der Waals surface area contributed by atoms with E-state index in [1.807, 2.05) is 0 Å². The fraction of sp³-hybridized carbons (Fsp3) is 1.00. The molecule has 3 aliphatic heterocycles. The summed E-state index contributed by atoms with van der Waals surface area (Å²) in [4.78, 5) is 0. The van der Waals surface area contributed by atoms with Crippen molar-refractivity contribution in [1.29, 1.82) is 0 Å². The highest BCUT2D eigenvalue weighted by Crippen LogP contribution is 2.29. The molecule has 1 unspecified atom stereocenters. The topological polar surface area (TPSA) is 248 Å². The molecule has 0 aromatic heterocycles. The summed E-state index contributed by atoms with van der Waals surface area (Å²) >= 11 is 0. The zero-order valence-corrected chi connectivity index (χ0v) is 17.4. The van der Waals surface area contributed by atoms with Gasteiger partial charge in [-0.25, -0.2) is 0 Å². The first-order valence-electron chi connectivity index (χ1n) is 10.5. The van der Waals surface area contributed by atoms with Gasteiger partial charge in [-0.15, -0.1) is 0 Å². The van der Waals surface area contributed by atoms with Crippen molar-refractivity contribution >= 4 is 0 Å². The summed E-state index contributed by atoms with van der Waals surface area (Å²) in [6.07, 6.45) is -21.1. The second-order valence-electron chi connectivity index (χ2n) is 8.26. The molecular formula is C18H32O15. The molecule has 0 spiro atoms. The van der Waals surface area contributed by atoms with Crippen LogP contribution < -0.4 is 0 Å². The molecule has 0 amide bonds. The molecule has 3 fully saturated rings. The number of rotatable bonds is 7. The lowest BCUT2D eigenvalue weighted by Gasteiger charge is -2.44. The lowest BCUT2D eigenvalue weighted by atomic mass is 9.98. The third kappa shape index (κ3) is 5.80. The van der Waals surface area contributed by atoms with Gasteiger partial charge in [0.15, 0.2) is 18.9 Å². The summed E-state index contributed by atoms with van der Waals surface area (Å²) < 4.78 is 26.5. The highest BCUT2D eigenvalue weighted by molar-refractivity contribution is 4.92. The standard InChI is InChI=1S/C18H32O15/c19-2-6-11(23)13(25)15(27)17(32-6)29-4-8-10(22)5(1-9(21)30-8)31-18-16(28)14(26)12(24)7(3-20)33-18/h5-28H,1-4H2/t5-,6-,7-,8-,9?,10+,11-,12-,13+,14+,15+,16+,17+,18+/m1/s1. The van der Waals surface area contributed by atoms with Crippen LogP contribution in [-0.2, 0) is 23.7 Å². The van der Waals surface area contributed by atoms with E-state index in [1.165, 1.54) is 0 Å². The zero-order valence-electron chi connectivity index (χ0n) is 17.4. The first-order valence-corrected chi connectivity index (χ1v) is 10.5. The highest BCUT2D eigenvalue weighted by Gasteiger charge is 2.48. The van der Waals surface area contributed by atoms with Gasteiger partial charge in [0.2, 0.25) is 0 Å². The van der Waals surface area contributed by atoms with E-state index >= 15 is 0 Å². The number of aliphatic hydroxyl groups is 10.